The molecule has 4 heterocycles. The molecule has 2 aromatic heterocycles. The molecule has 11 aromatic rings. The van der Waals surface area contributed by atoms with Crippen LogP contribution in [0.25, 0.3) is 47.7 Å². The van der Waals surface area contributed by atoms with E-state index in [2.05, 4.69) is 250 Å². The van der Waals surface area contributed by atoms with Crippen LogP contribution in [0.2, 0.25) is 0 Å². The molecule has 0 aliphatic carbocycles. The van der Waals surface area contributed by atoms with Gasteiger partial charge in [-0.05, 0) is 111 Å². The number of ether oxygens (including phenoxy) is 1. The molecular weight excluding hydrogens is 846 g/mol. The molecule has 0 amide bonds. The number of rotatable bonds is 5. The van der Waals surface area contributed by atoms with Crippen molar-refractivity contribution in [3.63, 3.8) is 0 Å². The van der Waals surface area contributed by atoms with Gasteiger partial charge in [0.05, 0.1) is 32.8 Å². The van der Waals surface area contributed by atoms with Gasteiger partial charge in [-0.3, -0.25) is 0 Å². The molecule has 0 bridgehead atoms. The fourth-order valence-electron chi connectivity index (χ4n) is 11.0. The molecule has 0 saturated carbocycles. The normalized spacial score (nSPS) is 13.2. The second kappa shape index (κ2) is 15.0. The Hall–Kier alpha value is -7.54. The van der Waals surface area contributed by atoms with Crippen molar-refractivity contribution < 1.29 is 4.74 Å². The Morgan fingerprint density at radius 3 is 1.69 bits per heavy atom. The van der Waals surface area contributed by atoms with Gasteiger partial charge >= 0.3 is 0 Å². The van der Waals surface area contributed by atoms with Crippen molar-refractivity contribution in [2.45, 2.75) is 52.4 Å². The number of nitrogens with zero attached hydrogens (tertiary/aromatic N) is 3. The van der Waals surface area contributed by atoms with Crippen molar-refractivity contribution >= 4 is 111 Å². The topological polar surface area (TPSA) is 20.6 Å². The largest absolute Gasteiger partial charge is 0.458 e. The number of fused-ring (bicyclic) bond motifs is 11. The highest BCUT2D eigenvalue weighted by atomic mass is 32.1. The van der Waals surface area contributed by atoms with E-state index in [-0.39, 0.29) is 17.5 Å². The van der Waals surface area contributed by atoms with Gasteiger partial charge < -0.3 is 19.1 Å². The molecule has 13 rings (SSSR count). The van der Waals surface area contributed by atoms with Crippen LogP contribution in [-0.4, -0.2) is 11.3 Å². The fraction of sp³-hybridized carbons (Fsp3) is 0.129. The Labute approximate surface area is 402 Å². The van der Waals surface area contributed by atoms with Gasteiger partial charge in [-0.15, -0.1) is 11.3 Å². The van der Waals surface area contributed by atoms with Crippen LogP contribution < -0.4 is 30.9 Å². The Bertz CT molecular complexity index is 3710. The molecule has 328 valence electrons. The van der Waals surface area contributed by atoms with Crippen LogP contribution in [0, 0.1) is 0 Å². The molecule has 0 fully saturated rings. The number of thiophene rings is 1. The summed E-state index contributed by atoms with van der Waals surface area (Å²) in [5, 5.41) is 5.03. The Morgan fingerprint density at radius 1 is 0.485 bits per heavy atom. The van der Waals surface area contributed by atoms with Gasteiger partial charge in [-0.2, -0.15) is 0 Å². The minimum atomic E-state index is -0.142. The summed E-state index contributed by atoms with van der Waals surface area (Å²) in [7, 11) is 0. The monoisotopic (exact) mass is 895 g/mol. The molecule has 9 aromatic carbocycles. The molecule has 0 unspecified atom stereocenters. The van der Waals surface area contributed by atoms with E-state index in [0.717, 1.165) is 39.9 Å². The van der Waals surface area contributed by atoms with Crippen LogP contribution in [0.1, 0.15) is 52.7 Å². The first-order valence-electron chi connectivity index (χ1n) is 23.8. The van der Waals surface area contributed by atoms with Crippen molar-refractivity contribution in [1.29, 1.82) is 0 Å². The van der Waals surface area contributed by atoms with Crippen LogP contribution in [0.5, 0.6) is 11.5 Å². The molecule has 2 aliphatic rings. The molecule has 4 nitrogen and oxygen atoms in total. The molecule has 68 heavy (non-hydrogen) atoms. The van der Waals surface area contributed by atoms with Gasteiger partial charge in [0.2, 0.25) is 0 Å². The number of aromatic nitrogens is 1. The number of hydrogen-bond donors (Lipinski definition) is 0. The lowest BCUT2D eigenvalue weighted by Crippen LogP contribution is -2.59. The zero-order chi connectivity index (χ0) is 46.1. The summed E-state index contributed by atoms with van der Waals surface area (Å²) in [4.78, 5) is 4.94. The van der Waals surface area contributed by atoms with E-state index in [0.29, 0.717) is 0 Å². The van der Waals surface area contributed by atoms with Gasteiger partial charge in [-0.1, -0.05) is 157 Å². The minimum Gasteiger partial charge on any atom is -0.458 e. The first-order valence-corrected chi connectivity index (χ1v) is 24.6. The maximum atomic E-state index is 7.32. The molecule has 0 atom stereocenters. The van der Waals surface area contributed by atoms with Crippen molar-refractivity contribution in [2.24, 2.45) is 0 Å². The highest BCUT2D eigenvalue weighted by Gasteiger charge is 2.45. The highest BCUT2D eigenvalue weighted by molar-refractivity contribution is 7.26. The van der Waals surface area contributed by atoms with Gasteiger partial charge in [0.1, 0.15) is 11.5 Å². The summed E-state index contributed by atoms with van der Waals surface area (Å²) in [5.74, 6) is 1.76. The maximum Gasteiger partial charge on any atom is 0.256 e. The lowest BCUT2D eigenvalue weighted by Gasteiger charge is -2.42. The molecule has 0 spiro atoms. The number of anilines is 6. The van der Waals surface area contributed by atoms with Crippen molar-refractivity contribution in [3.05, 3.63) is 205 Å². The predicted molar refractivity (Wildman–Crippen MR) is 292 cm³/mol. The third kappa shape index (κ3) is 6.20. The first kappa shape index (κ1) is 40.7. The van der Waals surface area contributed by atoms with Crippen molar-refractivity contribution in [1.82, 2.24) is 4.57 Å². The smallest absolute Gasteiger partial charge is 0.256 e. The van der Waals surface area contributed by atoms with Crippen LogP contribution >= 0.6 is 11.3 Å². The minimum absolute atomic E-state index is 0.00919. The summed E-state index contributed by atoms with van der Waals surface area (Å²) in [6, 6.07) is 71.8. The first-order chi connectivity index (χ1) is 33.0. The number of hydrogen-bond acceptors (Lipinski definition) is 4. The number of para-hydroxylation sites is 4. The van der Waals surface area contributed by atoms with Gasteiger partial charge in [0.25, 0.3) is 6.71 Å². The quantitative estimate of drug-likeness (QED) is 0.161. The van der Waals surface area contributed by atoms with Crippen molar-refractivity contribution in [3.8, 4) is 17.2 Å². The summed E-state index contributed by atoms with van der Waals surface area (Å²) in [6.45, 7) is 13.7. The third-order valence-corrected chi connectivity index (χ3v) is 15.5. The predicted octanol–water partition coefficient (Wildman–Crippen LogP) is 15.6. The average Bonchev–Trinajstić information content (AvgIpc) is 3.90. The van der Waals surface area contributed by atoms with E-state index in [1.165, 1.54) is 80.9 Å². The molecule has 2 aliphatic heterocycles. The summed E-state index contributed by atoms with van der Waals surface area (Å²) >= 11 is 1.90. The lowest BCUT2D eigenvalue weighted by molar-refractivity contribution is 0.486. The van der Waals surface area contributed by atoms with Crippen LogP contribution in [0.4, 0.5) is 34.1 Å². The molecule has 6 heteroatoms. The maximum absolute atomic E-state index is 7.32. The van der Waals surface area contributed by atoms with Crippen LogP contribution in [0.3, 0.4) is 0 Å². The van der Waals surface area contributed by atoms with Crippen LogP contribution in [-0.2, 0) is 10.8 Å². The fourth-order valence-corrected chi connectivity index (χ4v) is 12.2. The van der Waals surface area contributed by atoms with E-state index < -0.39 is 0 Å². The Morgan fingerprint density at radius 2 is 1.06 bits per heavy atom. The SMILES string of the molecule is CC(C)(C)c1ccc(N2c3cc(N(c4ccccc4)c4ccccc4)cc4c3B(c3cc(C(C)(C)C)ccc3O4)c3cc(-n4c5ccccc5c5ccccc54)c4sc5ccccc5c4c32)cc1. The van der Waals surface area contributed by atoms with E-state index >= 15 is 0 Å². The molecule has 0 radical (unpaired) electrons. The molecule has 0 saturated heterocycles. The van der Waals surface area contributed by atoms with Gasteiger partial charge in [-0.25, -0.2) is 0 Å². The van der Waals surface area contributed by atoms with E-state index in [9.17, 15) is 0 Å². The third-order valence-electron chi connectivity index (χ3n) is 14.3. The lowest BCUT2D eigenvalue weighted by atomic mass is 9.34. The Kier molecular flexibility index (Phi) is 8.97. The molecule has 0 N–H and O–H groups in total. The second-order valence-corrected chi connectivity index (χ2v) is 21.6. The van der Waals surface area contributed by atoms with E-state index in [1.807, 2.05) is 11.3 Å². The summed E-state index contributed by atoms with van der Waals surface area (Å²) in [6.07, 6.45) is 0. The van der Waals surface area contributed by atoms with Crippen molar-refractivity contribution in [2.75, 3.05) is 9.80 Å². The summed E-state index contributed by atoms with van der Waals surface area (Å²) < 4.78 is 12.4. The highest BCUT2D eigenvalue weighted by Crippen LogP contribution is 2.52. The van der Waals surface area contributed by atoms with Gasteiger partial charge in [0.15, 0.2) is 0 Å². The van der Waals surface area contributed by atoms with E-state index in [4.69, 9.17) is 4.74 Å². The Balaban J connectivity index is 1.20. The zero-order valence-electron chi connectivity index (χ0n) is 39.2. The zero-order valence-corrected chi connectivity index (χ0v) is 40.0. The number of benzene rings is 9. The summed E-state index contributed by atoms with van der Waals surface area (Å²) in [5.41, 5.74) is 16.3. The standard InChI is InChI=1S/C62H50BN3OS/c1-61(2,3)39-29-32-43(33-30-39)65-52-36-44(64(41-19-9-7-10-20-41)42-21-11-8-12-22-42)37-55-58(52)63(48-35-40(62(4,5)6)31-34-54(48)67-55)49-38-53(60-57(59(49)65)47-25-15-18-28-56(47)68-60)66-50-26-16-13-23-45(50)46-24-14-17-27-51(46)66/h7-38H,1-6H3. The van der Waals surface area contributed by atoms with E-state index in [1.54, 1.807) is 0 Å². The second-order valence-electron chi connectivity index (χ2n) is 20.6. The molecular formula is C62H50BN3OS. The van der Waals surface area contributed by atoms with Gasteiger partial charge in [0, 0.05) is 55.1 Å². The average molecular weight is 896 g/mol. The van der Waals surface area contributed by atoms with Crippen LogP contribution in [0.15, 0.2) is 194 Å².